The number of anilines is 1. The molecule has 172 valence electrons. The van der Waals surface area contributed by atoms with Crippen LogP contribution in [0.5, 0.6) is 0 Å². The summed E-state index contributed by atoms with van der Waals surface area (Å²) in [6.45, 7) is 4.74. The minimum atomic E-state index is -4.65. The van der Waals surface area contributed by atoms with E-state index in [-0.39, 0.29) is 28.1 Å². The van der Waals surface area contributed by atoms with Gasteiger partial charge >= 0.3 is 6.18 Å². The molecule has 1 aromatic carbocycles. The molecule has 1 atom stereocenters. The predicted octanol–water partition coefficient (Wildman–Crippen LogP) is 3.99. The lowest BCUT2D eigenvalue weighted by atomic mass is 10.1. The van der Waals surface area contributed by atoms with Crippen LogP contribution >= 0.6 is 0 Å². The highest BCUT2D eigenvalue weighted by molar-refractivity contribution is 7.92. The predicted molar refractivity (Wildman–Crippen MR) is 116 cm³/mol. The maximum atomic E-state index is 13.7. The summed E-state index contributed by atoms with van der Waals surface area (Å²) in [6.07, 6.45) is -0.621. The third-order valence-electron chi connectivity index (χ3n) is 5.58. The Morgan fingerprint density at radius 1 is 1.25 bits per heavy atom. The minimum Gasteiger partial charge on any atom is -0.360 e. The maximum absolute atomic E-state index is 13.7. The van der Waals surface area contributed by atoms with Crippen LogP contribution in [0.4, 0.5) is 19.1 Å². The van der Waals surface area contributed by atoms with Gasteiger partial charge in [-0.25, -0.2) is 18.4 Å². The van der Waals surface area contributed by atoms with Crippen molar-refractivity contribution in [2.75, 3.05) is 18.4 Å². The van der Waals surface area contributed by atoms with Crippen LogP contribution in [0.15, 0.2) is 35.5 Å². The lowest BCUT2D eigenvalue weighted by Gasteiger charge is -2.24. The summed E-state index contributed by atoms with van der Waals surface area (Å²) in [5.74, 6) is 0.120. The normalized spacial score (nSPS) is 17.8. The van der Waals surface area contributed by atoms with Crippen LogP contribution in [-0.4, -0.2) is 47.8 Å². The average molecular weight is 468 g/mol. The van der Waals surface area contributed by atoms with Gasteiger partial charge in [0.25, 0.3) is 0 Å². The van der Waals surface area contributed by atoms with Crippen LogP contribution in [0, 0.1) is 0 Å². The largest absolute Gasteiger partial charge is 0.419 e. The Hall–Kier alpha value is -2.66. The molecule has 3 heterocycles. The number of H-pyrrole nitrogens is 1. The van der Waals surface area contributed by atoms with Crippen molar-refractivity contribution in [3.05, 3.63) is 36.2 Å². The number of aromatic nitrogens is 3. The van der Waals surface area contributed by atoms with Crippen molar-refractivity contribution in [3.8, 4) is 11.3 Å². The average Bonchev–Trinajstić information content (AvgIpc) is 3.16. The van der Waals surface area contributed by atoms with Crippen molar-refractivity contribution in [2.24, 2.45) is 0 Å². The van der Waals surface area contributed by atoms with Gasteiger partial charge in [-0.1, -0.05) is 6.07 Å². The molecule has 0 bridgehead atoms. The van der Waals surface area contributed by atoms with Crippen LogP contribution in [0.1, 0.15) is 32.3 Å². The number of halogens is 3. The summed E-state index contributed by atoms with van der Waals surface area (Å²) in [7, 11) is -3.52. The number of nitrogens with zero attached hydrogens (tertiary/aromatic N) is 2. The van der Waals surface area contributed by atoms with Crippen LogP contribution in [0.2, 0.25) is 0 Å². The van der Waals surface area contributed by atoms with E-state index >= 15 is 0 Å². The zero-order valence-electron chi connectivity index (χ0n) is 17.6. The number of fused-ring (bicyclic) bond motifs is 1. The van der Waals surface area contributed by atoms with E-state index in [1.54, 1.807) is 13.8 Å². The first-order valence-corrected chi connectivity index (χ1v) is 11.9. The summed E-state index contributed by atoms with van der Waals surface area (Å²) >= 11 is 0. The number of alkyl halides is 3. The molecule has 3 aromatic rings. The van der Waals surface area contributed by atoms with Gasteiger partial charge in [0, 0.05) is 41.4 Å². The van der Waals surface area contributed by atoms with E-state index in [2.05, 4.69) is 25.6 Å². The molecule has 0 saturated carbocycles. The van der Waals surface area contributed by atoms with Gasteiger partial charge in [0.1, 0.15) is 5.56 Å². The zero-order valence-corrected chi connectivity index (χ0v) is 18.4. The molecule has 1 aliphatic rings. The highest BCUT2D eigenvalue weighted by Gasteiger charge is 2.36. The molecule has 11 heteroatoms. The van der Waals surface area contributed by atoms with Crippen LogP contribution in [0.25, 0.3) is 22.2 Å². The van der Waals surface area contributed by atoms with E-state index < -0.39 is 26.8 Å². The molecule has 1 aliphatic heterocycles. The van der Waals surface area contributed by atoms with Gasteiger partial charge in [0.05, 0.1) is 15.8 Å². The first-order valence-electron chi connectivity index (χ1n) is 10.3. The number of sulfone groups is 1. The van der Waals surface area contributed by atoms with Gasteiger partial charge in [-0.3, -0.25) is 0 Å². The molecule has 1 saturated heterocycles. The Labute approximate surface area is 183 Å². The van der Waals surface area contributed by atoms with Gasteiger partial charge < -0.3 is 15.6 Å². The molecule has 0 amide bonds. The van der Waals surface area contributed by atoms with Crippen molar-refractivity contribution < 1.29 is 21.6 Å². The summed E-state index contributed by atoms with van der Waals surface area (Å²) in [5, 5.41) is 6.17. The summed E-state index contributed by atoms with van der Waals surface area (Å²) in [5.41, 5.74) is -0.568. The van der Waals surface area contributed by atoms with Crippen LogP contribution in [-0.2, 0) is 16.0 Å². The molecule has 0 radical (unpaired) electrons. The summed E-state index contributed by atoms with van der Waals surface area (Å²) < 4.78 is 66.2. The summed E-state index contributed by atoms with van der Waals surface area (Å²) in [6, 6.07) is 4.39. The van der Waals surface area contributed by atoms with Crippen molar-refractivity contribution >= 4 is 26.7 Å². The molecule has 32 heavy (non-hydrogen) atoms. The number of hydrogen-bond acceptors (Lipinski definition) is 6. The number of hydrogen-bond donors (Lipinski definition) is 3. The maximum Gasteiger partial charge on any atom is 0.419 e. The highest BCUT2D eigenvalue weighted by atomic mass is 32.2. The van der Waals surface area contributed by atoms with E-state index in [1.807, 2.05) is 0 Å². The Kier molecular flexibility index (Phi) is 5.89. The van der Waals surface area contributed by atoms with Gasteiger partial charge in [0.15, 0.2) is 9.84 Å². The fourth-order valence-electron chi connectivity index (χ4n) is 3.77. The fraction of sp³-hybridized carbons (Fsp3) is 0.429. The summed E-state index contributed by atoms with van der Waals surface area (Å²) in [4.78, 5) is 11.1. The molecule has 0 aliphatic carbocycles. The molecule has 1 fully saturated rings. The quantitative estimate of drug-likeness (QED) is 0.525. The fourth-order valence-corrected chi connectivity index (χ4v) is 4.86. The lowest BCUT2D eigenvalue weighted by molar-refractivity contribution is -0.137. The van der Waals surface area contributed by atoms with Gasteiger partial charge in [0.2, 0.25) is 5.95 Å². The smallest absolute Gasteiger partial charge is 0.360 e. The van der Waals surface area contributed by atoms with E-state index in [0.717, 1.165) is 25.6 Å². The van der Waals surface area contributed by atoms with Crippen LogP contribution < -0.4 is 10.6 Å². The Balaban J connectivity index is 1.79. The van der Waals surface area contributed by atoms with Gasteiger partial charge in [-0.05, 0) is 45.4 Å². The van der Waals surface area contributed by atoms with Crippen molar-refractivity contribution in [2.45, 2.75) is 49.1 Å². The number of nitrogens with one attached hydrogen (secondary N) is 3. The number of aromatic amines is 1. The number of rotatable bonds is 5. The lowest BCUT2D eigenvalue weighted by Crippen LogP contribution is -2.38. The zero-order chi connectivity index (χ0) is 23.1. The molecule has 0 unspecified atom stereocenters. The first-order chi connectivity index (χ1) is 15.1. The molecule has 2 aromatic heterocycles. The van der Waals surface area contributed by atoms with Crippen molar-refractivity contribution in [3.63, 3.8) is 0 Å². The van der Waals surface area contributed by atoms with E-state index in [9.17, 15) is 21.6 Å². The molecular weight excluding hydrogens is 443 g/mol. The van der Waals surface area contributed by atoms with E-state index in [0.29, 0.717) is 17.4 Å². The second kappa shape index (κ2) is 8.36. The molecule has 3 N–H and O–H groups in total. The Morgan fingerprint density at radius 3 is 2.69 bits per heavy atom. The number of benzene rings is 1. The topological polar surface area (TPSA) is 99.8 Å². The highest BCUT2D eigenvalue weighted by Crippen LogP contribution is 2.39. The molecule has 7 nitrogen and oxygen atoms in total. The second-order valence-corrected chi connectivity index (χ2v) is 10.6. The SMILES string of the molecule is CC(C)S(=O)(=O)c1ccc2c(-c3nc(N[C@H]4CCCNC4)ncc3C(F)(F)F)c[nH]c2c1. The Morgan fingerprint density at radius 2 is 2.03 bits per heavy atom. The standard InChI is InChI=1S/C21H24F3N5O2S/c1-12(2)32(30,31)14-5-6-15-16(10-26-18(15)8-14)19-17(21(22,23)24)11-27-20(29-19)28-13-4-3-7-25-9-13/h5-6,8,10-13,25-26H,3-4,7,9H2,1-2H3,(H,27,28,29)/t13-/m0/s1. The second-order valence-electron chi connectivity index (χ2n) is 8.14. The van der Waals surface area contributed by atoms with Gasteiger partial charge in [-0.2, -0.15) is 13.2 Å². The molecular formula is C21H24F3N5O2S. The van der Waals surface area contributed by atoms with Crippen molar-refractivity contribution in [1.29, 1.82) is 0 Å². The first kappa shape index (κ1) is 22.5. The molecule has 0 spiro atoms. The van der Waals surface area contributed by atoms with Gasteiger partial charge in [-0.15, -0.1) is 0 Å². The third-order valence-corrected chi connectivity index (χ3v) is 7.73. The van der Waals surface area contributed by atoms with Crippen LogP contribution in [0.3, 0.4) is 0 Å². The van der Waals surface area contributed by atoms with E-state index in [1.165, 1.54) is 24.4 Å². The number of piperidine rings is 1. The third kappa shape index (κ3) is 4.31. The minimum absolute atomic E-state index is 0.0279. The molecule has 4 rings (SSSR count). The van der Waals surface area contributed by atoms with E-state index in [4.69, 9.17) is 0 Å². The Bertz CT molecular complexity index is 1230. The van der Waals surface area contributed by atoms with Crippen molar-refractivity contribution in [1.82, 2.24) is 20.3 Å². The monoisotopic (exact) mass is 467 g/mol.